The number of nitrogens with zero attached hydrogens (tertiary/aromatic N) is 1. The molecule has 1 heterocycles. The van der Waals surface area contributed by atoms with Crippen LogP contribution in [0.3, 0.4) is 0 Å². The Bertz CT molecular complexity index is 729. The zero-order chi connectivity index (χ0) is 20.2. The highest BCUT2D eigenvalue weighted by Gasteiger charge is 2.35. The highest BCUT2D eigenvalue weighted by molar-refractivity contribution is 6.32. The molecule has 2 rings (SSSR count). The van der Waals surface area contributed by atoms with Crippen molar-refractivity contribution >= 4 is 35.1 Å². The van der Waals surface area contributed by atoms with Crippen molar-refractivity contribution in [2.45, 2.75) is 46.1 Å². The summed E-state index contributed by atoms with van der Waals surface area (Å²) in [5.74, 6) is -1.16. The number of hydrogen-bond donors (Lipinski definition) is 2. The zero-order valence-corrected chi connectivity index (χ0v) is 16.5. The average molecular weight is 397 g/mol. The Morgan fingerprint density at radius 2 is 2.04 bits per heavy atom. The predicted molar refractivity (Wildman–Crippen MR) is 102 cm³/mol. The third-order valence-electron chi connectivity index (χ3n) is 4.11. The molecule has 0 radical (unpaired) electrons. The standard InChI is InChI=1S/C19H25ClN2O5/c1-19(2,3)10-16(23)22-8-4-5-14(22)18(26)21-12-6-7-15(13(20)9-12)27-11-17(24)25/h6-7,9,14H,4-5,8,10-11H2,1-3H3,(H,21,26)(H,24,25). The van der Waals surface area contributed by atoms with Crippen LogP contribution in [0.2, 0.25) is 5.02 Å². The van der Waals surface area contributed by atoms with Gasteiger partial charge in [-0.1, -0.05) is 32.4 Å². The van der Waals surface area contributed by atoms with Gasteiger partial charge in [0, 0.05) is 18.7 Å². The summed E-state index contributed by atoms with van der Waals surface area (Å²) in [5.41, 5.74) is 0.322. The van der Waals surface area contributed by atoms with Crippen LogP contribution in [0, 0.1) is 5.41 Å². The number of benzene rings is 1. The van der Waals surface area contributed by atoms with Crippen molar-refractivity contribution in [2.24, 2.45) is 5.41 Å². The number of nitrogens with one attached hydrogen (secondary N) is 1. The van der Waals surface area contributed by atoms with Crippen LogP contribution in [0.1, 0.15) is 40.0 Å². The van der Waals surface area contributed by atoms with E-state index < -0.39 is 18.6 Å². The van der Waals surface area contributed by atoms with Crippen molar-refractivity contribution in [3.05, 3.63) is 23.2 Å². The van der Waals surface area contributed by atoms with Crippen molar-refractivity contribution in [3.8, 4) is 5.75 Å². The lowest BCUT2D eigenvalue weighted by atomic mass is 9.91. The fourth-order valence-electron chi connectivity index (χ4n) is 2.95. The van der Waals surface area contributed by atoms with Gasteiger partial charge < -0.3 is 20.1 Å². The third-order valence-corrected chi connectivity index (χ3v) is 4.40. The molecule has 0 aromatic heterocycles. The van der Waals surface area contributed by atoms with Gasteiger partial charge in [0.25, 0.3) is 0 Å². The molecule has 1 aromatic rings. The Labute approximate surface area is 163 Å². The summed E-state index contributed by atoms with van der Waals surface area (Å²) < 4.78 is 5.06. The van der Waals surface area contributed by atoms with Gasteiger partial charge in [-0.15, -0.1) is 0 Å². The minimum absolute atomic E-state index is 0.0180. The summed E-state index contributed by atoms with van der Waals surface area (Å²) >= 11 is 6.07. The number of anilines is 1. The molecule has 0 spiro atoms. The quantitative estimate of drug-likeness (QED) is 0.769. The van der Waals surface area contributed by atoms with E-state index in [0.29, 0.717) is 25.1 Å². The monoisotopic (exact) mass is 396 g/mol. The average Bonchev–Trinajstić information content (AvgIpc) is 3.02. The highest BCUT2D eigenvalue weighted by Crippen LogP contribution is 2.29. The summed E-state index contributed by atoms with van der Waals surface area (Å²) in [5, 5.41) is 11.6. The normalized spacial score (nSPS) is 16.9. The molecule has 1 unspecified atom stereocenters. The molecule has 2 amide bonds. The van der Waals surface area contributed by atoms with Crippen molar-refractivity contribution in [1.29, 1.82) is 0 Å². The second-order valence-corrected chi connectivity index (χ2v) is 8.21. The van der Waals surface area contributed by atoms with Gasteiger partial charge in [0.15, 0.2) is 6.61 Å². The van der Waals surface area contributed by atoms with E-state index in [4.69, 9.17) is 21.4 Å². The van der Waals surface area contributed by atoms with E-state index in [1.807, 2.05) is 20.8 Å². The van der Waals surface area contributed by atoms with Crippen LogP contribution in [0.5, 0.6) is 5.75 Å². The molecular weight excluding hydrogens is 372 g/mol. The molecule has 1 aromatic carbocycles. The molecule has 1 aliphatic heterocycles. The van der Waals surface area contributed by atoms with Gasteiger partial charge in [0.05, 0.1) is 5.02 Å². The van der Waals surface area contributed by atoms with Crippen molar-refractivity contribution in [2.75, 3.05) is 18.5 Å². The second-order valence-electron chi connectivity index (χ2n) is 7.80. The molecule has 1 aliphatic rings. The van der Waals surface area contributed by atoms with Gasteiger partial charge in [-0.25, -0.2) is 4.79 Å². The van der Waals surface area contributed by atoms with Crippen molar-refractivity contribution < 1.29 is 24.2 Å². The van der Waals surface area contributed by atoms with Gasteiger partial charge in [-0.2, -0.15) is 0 Å². The van der Waals surface area contributed by atoms with E-state index in [9.17, 15) is 14.4 Å². The molecule has 0 bridgehead atoms. The molecule has 1 saturated heterocycles. The summed E-state index contributed by atoms with van der Waals surface area (Å²) in [4.78, 5) is 37.4. The summed E-state index contributed by atoms with van der Waals surface area (Å²) in [7, 11) is 0. The highest BCUT2D eigenvalue weighted by atomic mass is 35.5. The molecule has 2 N–H and O–H groups in total. The lowest BCUT2D eigenvalue weighted by Gasteiger charge is -2.27. The Morgan fingerprint density at radius 1 is 1.33 bits per heavy atom. The molecule has 0 aliphatic carbocycles. The topological polar surface area (TPSA) is 95.9 Å². The fraction of sp³-hybridized carbons (Fsp3) is 0.526. The Morgan fingerprint density at radius 3 is 2.63 bits per heavy atom. The Hall–Kier alpha value is -2.28. The fourth-order valence-corrected chi connectivity index (χ4v) is 3.19. The number of carboxylic acids is 1. The van der Waals surface area contributed by atoms with Crippen molar-refractivity contribution in [3.63, 3.8) is 0 Å². The first kappa shape index (κ1) is 21.0. The van der Waals surface area contributed by atoms with E-state index in [1.54, 1.807) is 11.0 Å². The maximum absolute atomic E-state index is 12.6. The van der Waals surface area contributed by atoms with Crippen LogP contribution in [0.15, 0.2) is 18.2 Å². The molecule has 1 fully saturated rings. The number of rotatable bonds is 6. The van der Waals surface area contributed by atoms with Gasteiger partial charge in [0.1, 0.15) is 11.8 Å². The van der Waals surface area contributed by atoms with Crippen LogP contribution >= 0.6 is 11.6 Å². The minimum atomic E-state index is -1.11. The predicted octanol–water partition coefficient (Wildman–Crippen LogP) is 3.17. The van der Waals surface area contributed by atoms with Gasteiger partial charge in [0.2, 0.25) is 11.8 Å². The molecule has 27 heavy (non-hydrogen) atoms. The number of halogens is 1. The van der Waals surface area contributed by atoms with Crippen molar-refractivity contribution in [1.82, 2.24) is 4.90 Å². The number of hydrogen-bond acceptors (Lipinski definition) is 4. The molecule has 0 saturated carbocycles. The number of carboxylic acid groups (broad SMARTS) is 1. The number of amides is 2. The number of aliphatic carboxylic acids is 1. The summed E-state index contributed by atoms with van der Waals surface area (Å²) in [6.45, 7) is 6.05. The largest absolute Gasteiger partial charge is 0.480 e. The van der Waals surface area contributed by atoms with Crippen LogP contribution in [-0.2, 0) is 14.4 Å². The number of carbonyl (C=O) groups is 3. The minimum Gasteiger partial charge on any atom is -0.480 e. The maximum atomic E-state index is 12.6. The Kier molecular flexibility index (Phi) is 6.70. The third kappa shape index (κ3) is 6.13. The first-order valence-corrected chi connectivity index (χ1v) is 9.19. The number of carbonyl (C=O) groups excluding carboxylic acids is 2. The molecule has 148 valence electrons. The van der Waals surface area contributed by atoms with Crippen LogP contribution in [-0.4, -0.2) is 47.0 Å². The van der Waals surface area contributed by atoms with E-state index >= 15 is 0 Å². The molecule has 7 nitrogen and oxygen atoms in total. The van der Waals surface area contributed by atoms with E-state index in [2.05, 4.69) is 5.32 Å². The van der Waals surface area contributed by atoms with E-state index in [1.165, 1.54) is 12.1 Å². The zero-order valence-electron chi connectivity index (χ0n) is 15.8. The second kappa shape index (κ2) is 8.61. The molecule has 8 heteroatoms. The van der Waals surface area contributed by atoms with Crippen LogP contribution < -0.4 is 10.1 Å². The van der Waals surface area contributed by atoms with E-state index in [0.717, 1.165) is 6.42 Å². The first-order valence-electron chi connectivity index (χ1n) is 8.81. The van der Waals surface area contributed by atoms with Crippen LogP contribution in [0.4, 0.5) is 5.69 Å². The summed E-state index contributed by atoms with van der Waals surface area (Å²) in [6, 6.07) is 4.07. The number of ether oxygens (including phenoxy) is 1. The lowest BCUT2D eigenvalue weighted by molar-refractivity contribution is -0.139. The van der Waals surface area contributed by atoms with E-state index in [-0.39, 0.29) is 28.0 Å². The van der Waals surface area contributed by atoms with Crippen LogP contribution in [0.25, 0.3) is 0 Å². The SMILES string of the molecule is CC(C)(C)CC(=O)N1CCCC1C(=O)Nc1ccc(OCC(=O)O)c(Cl)c1. The van der Waals surface area contributed by atoms with Gasteiger partial charge >= 0.3 is 5.97 Å². The van der Waals surface area contributed by atoms with Gasteiger partial charge in [-0.3, -0.25) is 9.59 Å². The number of likely N-dealkylation sites (tertiary alicyclic amines) is 1. The first-order chi connectivity index (χ1) is 12.6. The maximum Gasteiger partial charge on any atom is 0.341 e. The smallest absolute Gasteiger partial charge is 0.341 e. The van der Waals surface area contributed by atoms with Gasteiger partial charge in [-0.05, 0) is 36.5 Å². The molecule has 1 atom stereocenters. The Balaban J connectivity index is 2.02. The lowest BCUT2D eigenvalue weighted by Crippen LogP contribution is -2.44. The summed E-state index contributed by atoms with van der Waals surface area (Å²) in [6.07, 6.45) is 1.80. The molecular formula is C19H25ClN2O5.